The molecule has 0 N–H and O–H groups in total. The number of benzene rings is 1. The van der Waals surface area contributed by atoms with Crippen LogP contribution < -0.4 is 0 Å². The third-order valence-corrected chi connectivity index (χ3v) is 4.56. The highest BCUT2D eigenvalue weighted by Gasteiger charge is 2.23. The van der Waals surface area contributed by atoms with Crippen LogP contribution in [-0.2, 0) is 0 Å². The Morgan fingerprint density at radius 1 is 1.35 bits per heavy atom. The van der Waals surface area contributed by atoms with E-state index in [1.165, 1.54) is 14.7 Å². The second-order valence-corrected chi connectivity index (χ2v) is 6.31. The first-order chi connectivity index (χ1) is 9.76. The Balaban J connectivity index is 2.35. The molecular weight excluding hydrogens is 355 g/mol. The van der Waals surface area contributed by atoms with E-state index in [-0.39, 0.29) is 0 Å². The monoisotopic (exact) mass is 376 g/mol. The fourth-order valence-corrected chi connectivity index (χ4v) is 3.37. The van der Waals surface area contributed by atoms with Crippen molar-refractivity contribution in [2.45, 2.75) is 25.7 Å². The molecule has 1 heteroatoms. The molecule has 0 radical (unpaired) electrons. The SMILES string of the molecule is C=C/C=C\C(CC)C1=CC(I)=CCC1c1ccccc1. The summed E-state index contributed by atoms with van der Waals surface area (Å²) in [6.07, 6.45) is 13.2. The molecule has 0 nitrogen and oxygen atoms in total. The molecule has 0 saturated heterocycles. The van der Waals surface area contributed by atoms with Crippen LogP contribution in [0.1, 0.15) is 31.2 Å². The largest absolute Gasteiger partial charge is 0.0991 e. The maximum atomic E-state index is 3.79. The van der Waals surface area contributed by atoms with Crippen molar-refractivity contribution in [3.63, 3.8) is 0 Å². The van der Waals surface area contributed by atoms with Gasteiger partial charge in [0.05, 0.1) is 0 Å². The molecule has 104 valence electrons. The predicted octanol–water partition coefficient (Wildman–Crippen LogP) is 6.19. The van der Waals surface area contributed by atoms with Crippen LogP contribution in [0.2, 0.25) is 0 Å². The topological polar surface area (TPSA) is 0 Å². The van der Waals surface area contributed by atoms with Gasteiger partial charge in [0.2, 0.25) is 0 Å². The summed E-state index contributed by atoms with van der Waals surface area (Å²) in [5.74, 6) is 1.01. The Bertz CT molecular complexity index is 534. The van der Waals surface area contributed by atoms with Crippen molar-refractivity contribution in [1.29, 1.82) is 0 Å². The molecule has 20 heavy (non-hydrogen) atoms. The molecule has 2 atom stereocenters. The smallest absolute Gasteiger partial charge is 0.00925 e. The minimum atomic E-state index is 0.497. The van der Waals surface area contributed by atoms with Gasteiger partial charge in [-0.3, -0.25) is 0 Å². The molecule has 1 aromatic rings. The van der Waals surface area contributed by atoms with Crippen molar-refractivity contribution in [2.24, 2.45) is 5.92 Å². The van der Waals surface area contributed by atoms with Gasteiger partial charge in [-0.1, -0.05) is 73.7 Å². The maximum Gasteiger partial charge on any atom is 0.00925 e. The number of rotatable bonds is 5. The number of hydrogen-bond donors (Lipinski definition) is 0. The van der Waals surface area contributed by atoms with Gasteiger partial charge in [0.1, 0.15) is 0 Å². The standard InChI is InChI=1S/C19H21I/c1-3-5-9-15(4-2)19-14-17(20)12-13-18(19)16-10-7-6-8-11-16/h3,5-12,14-15,18H,1,4,13H2,2H3/b9-5-. The van der Waals surface area contributed by atoms with E-state index in [4.69, 9.17) is 0 Å². The fraction of sp³-hybridized carbons (Fsp3) is 0.263. The van der Waals surface area contributed by atoms with Gasteiger partial charge < -0.3 is 0 Å². The highest BCUT2D eigenvalue weighted by molar-refractivity contribution is 14.1. The van der Waals surface area contributed by atoms with Crippen LogP contribution in [0.3, 0.4) is 0 Å². The first kappa shape index (κ1) is 15.3. The Morgan fingerprint density at radius 2 is 2.10 bits per heavy atom. The van der Waals surface area contributed by atoms with Gasteiger partial charge in [0.25, 0.3) is 0 Å². The Kier molecular flexibility index (Phi) is 5.84. The molecule has 0 spiro atoms. The lowest BCUT2D eigenvalue weighted by atomic mass is 9.78. The van der Waals surface area contributed by atoms with E-state index in [0.29, 0.717) is 11.8 Å². The summed E-state index contributed by atoms with van der Waals surface area (Å²) in [6.45, 7) is 6.04. The summed E-state index contributed by atoms with van der Waals surface area (Å²) in [5.41, 5.74) is 2.95. The van der Waals surface area contributed by atoms with E-state index < -0.39 is 0 Å². The zero-order valence-electron chi connectivity index (χ0n) is 11.9. The highest BCUT2D eigenvalue weighted by Crippen LogP contribution is 2.40. The molecule has 1 aliphatic rings. The van der Waals surface area contributed by atoms with E-state index in [0.717, 1.165) is 12.8 Å². The molecule has 0 bridgehead atoms. The van der Waals surface area contributed by atoms with Crippen LogP contribution in [0.5, 0.6) is 0 Å². The average molecular weight is 376 g/mol. The van der Waals surface area contributed by atoms with Crippen LogP contribution in [0, 0.1) is 5.92 Å². The number of hydrogen-bond acceptors (Lipinski definition) is 0. The fourth-order valence-electron chi connectivity index (χ4n) is 2.76. The van der Waals surface area contributed by atoms with E-state index in [9.17, 15) is 0 Å². The Hall–Kier alpha value is -1.09. The maximum absolute atomic E-state index is 3.79. The number of allylic oxidation sites excluding steroid dienone is 7. The lowest BCUT2D eigenvalue weighted by molar-refractivity contribution is 0.632. The van der Waals surface area contributed by atoms with E-state index in [2.05, 4.69) is 90.7 Å². The molecule has 1 aromatic carbocycles. The molecule has 0 heterocycles. The highest BCUT2D eigenvalue weighted by atomic mass is 127. The van der Waals surface area contributed by atoms with Crippen molar-refractivity contribution >= 4 is 22.6 Å². The Morgan fingerprint density at radius 3 is 2.75 bits per heavy atom. The minimum Gasteiger partial charge on any atom is -0.0991 e. The normalized spacial score (nSPS) is 20.4. The molecule has 0 fully saturated rings. The summed E-state index contributed by atoms with van der Waals surface area (Å²) < 4.78 is 1.36. The first-order valence-corrected chi connectivity index (χ1v) is 8.25. The summed E-state index contributed by atoms with van der Waals surface area (Å²) in [5, 5.41) is 0. The van der Waals surface area contributed by atoms with Gasteiger partial charge in [-0.25, -0.2) is 0 Å². The summed E-state index contributed by atoms with van der Waals surface area (Å²) in [7, 11) is 0. The summed E-state index contributed by atoms with van der Waals surface area (Å²) in [4.78, 5) is 0. The molecule has 0 aromatic heterocycles. The van der Waals surface area contributed by atoms with Gasteiger partial charge in [-0.15, -0.1) is 0 Å². The molecule has 1 aliphatic carbocycles. The van der Waals surface area contributed by atoms with Crippen LogP contribution in [0.4, 0.5) is 0 Å². The first-order valence-electron chi connectivity index (χ1n) is 7.17. The van der Waals surface area contributed by atoms with Gasteiger partial charge in [0, 0.05) is 9.50 Å². The van der Waals surface area contributed by atoms with Crippen LogP contribution >= 0.6 is 22.6 Å². The quantitative estimate of drug-likeness (QED) is 0.425. The number of halogens is 1. The minimum absolute atomic E-state index is 0.497. The summed E-state index contributed by atoms with van der Waals surface area (Å²) >= 11 is 2.43. The van der Waals surface area contributed by atoms with E-state index in [1.54, 1.807) is 0 Å². The van der Waals surface area contributed by atoms with Crippen LogP contribution in [-0.4, -0.2) is 0 Å². The van der Waals surface area contributed by atoms with Crippen molar-refractivity contribution in [1.82, 2.24) is 0 Å². The molecular formula is C19H21I. The summed E-state index contributed by atoms with van der Waals surface area (Å²) in [6, 6.07) is 10.8. The average Bonchev–Trinajstić information content (AvgIpc) is 2.49. The van der Waals surface area contributed by atoms with Gasteiger partial charge >= 0.3 is 0 Å². The predicted molar refractivity (Wildman–Crippen MR) is 97.1 cm³/mol. The molecule has 2 rings (SSSR count). The van der Waals surface area contributed by atoms with E-state index in [1.807, 2.05) is 6.08 Å². The van der Waals surface area contributed by atoms with Crippen LogP contribution in [0.15, 0.2) is 76.4 Å². The third-order valence-electron chi connectivity index (χ3n) is 3.80. The third kappa shape index (κ3) is 3.72. The van der Waals surface area contributed by atoms with E-state index >= 15 is 0 Å². The van der Waals surface area contributed by atoms with Crippen molar-refractivity contribution in [3.8, 4) is 0 Å². The molecule has 0 amide bonds. The van der Waals surface area contributed by atoms with Crippen molar-refractivity contribution < 1.29 is 0 Å². The molecule has 0 aliphatic heterocycles. The second kappa shape index (κ2) is 7.63. The second-order valence-electron chi connectivity index (χ2n) is 5.07. The lowest BCUT2D eigenvalue weighted by Crippen LogP contribution is -2.12. The van der Waals surface area contributed by atoms with Crippen molar-refractivity contribution in [2.75, 3.05) is 0 Å². The molecule has 0 saturated carbocycles. The van der Waals surface area contributed by atoms with Gasteiger partial charge in [-0.05, 0) is 53.0 Å². The molecule has 2 unspecified atom stereocenters. The zero-order valence-corrected chi connectivity index (χ0v) is 14.1. The van der Waals surface area contributed by atoms with Gasteiger partial charge in [0.15, 0.2) is 0 Å². The lowest BCUT2D eigenvalue weighted by Gasteiger charge is -2.28. The van der Waals surface area contributed by atoms with Gasteiger partial charge in [-0.2, -0.15) is 0 Å². The van der Waals surface area contributed by atoms with Crippen molar-refractivity contribution in [3.05, 3.63) is 82.0 Å². The Labute approximate surface area is 136 Å². The zero-order chi connectivity index (χ0) is 14.4. The van der Waals surface area contributed by atoms with Crippen LogP contribution in [0.25, 0.3) is 0 Å².